The van der Waals surface area contributed by atoms with Crippen LogP contribution in [0, 0.1) is 0 Å². The standard InChI is InChI=1S/C13H15N/c1-4-14-8-7-12-9-11(10(2)3)5-6-13(12)14/h5-9H,2,4H2,1,3H3. The molecule has 0 N–H and O–H groups in total. The Morgan fingerprint density at radius 3 is 2.79 bits per heavy atom. The number of allylic oxidation sites excluding steroid dienone is 1. The normalized spacial score (nSPS) is 10.7. The van der Waals surface area contributed by atoms with Crippen LogP contribution in [0.15, 0.2) is 37.0 Å². The fourth-order valence-electron chi connectivity index (χ4n) is 1.74. The lowest BCUT2D eigenvalue weighted by molar-refractivity contribution is 0.797. The molecule has 0 radical (unpaired) electrons. The highest BCUT2D eigenvalue weighted by Crippen LogP contribution is 2.21. The number of hydrogen-bond donors (Lipinski definition) is 0. The highest BCUT2D eigenvalue weighted by molar-refractivity contribution is 5.84. The molecule has 14 heavy (non-hydrogen) atoms. The maximum Gasteiger partial charge on any atom is 0.0480 e. The number of aromatic nitrogens is 1. The summed E-state index contributed by atoms with van der Waals surface area (Å²) in [4.78, 5) is 0. The molecule has 1 heterocycles. The third-order valence-electron chi connectivity index (χ3n) is 2.60. The zero-order valence-electron chi connectivity index (χ0n) is 8.75. The first-order valence-electron chi connectivity index (χ1n) is 4.97. The lowest BCUT2D eigenvalue weighted by Gasteiger charge is -2.02. The molecule has 1 nitrogen and oxygen atoms in total. The summed E-state index contributed by atoms with van der Waals surface area (Å²) in [6, 6.07) is 8.66. The zero-order chi connectivity index (χ0) is 10.1. The van der Waals surface area contributed by atoms with Crippen molar-refractivity contribution in [3.05, 3.63) is 42.6 Å². The van der Waals surface area contributed by atoms with E-state index in [9.17, 15) is 0 Å². The molecule has 0 spiro atoms. The minimum absolute atomic E-state index is 1.02. The topological polar surface area (TPSA) is 4.93 Å². The number of fused-ring (bicyclic) bond motifs is 1. The first-order chi connectivity index (χ1) is 6.72. The molecule has 0 aliphatic heterocycles. The van der Waals surface area contributed by atoms with Crippen molar-refractivity contribution in [2.24, 2.45) is 0 Å². The number of nitrogens with zero attached hydrogens (tertiary/aromatic N) is 1. The van der Waals surface area contributed by atoms with E-state index in [2.05, 4.69) is 48.5 Å². The van der Waals surface area contributed by atoms with Crippen LogP contribution in [0.5, 0.6) is 0 Å². The van der Waals surface area contributed by atoms with Crippen molar-refractivity contribution in [2.45, 2.75) is 20.4 Å². The van der Waals surface area contributed by atoms with Gasteiger partial charge in [-0.2, -0.15) is 0 Å². The molecule has 0 bridgehead atoms. The van der Waals surface area contributed by atoms with Crippen LogP contribution < -0.4 is 0 Å². The number of benzene rings is 1. The van der Waals surface area contributed by atoms with Crippen LogP contribution in [0.1, 0.15) is 19.4 Å². The Morgan fingerprint density at radius 1 is 1.36 bits per heavy atom. The number of aryl methyl sites for hydroxylation is 1. The van der Waals surface area contributed by atoms with E-state index < -0.39 is 0 Å². The van der Waals surface area contributed by atoms with Crippen molar-refractivity contribution in [1.29, 1.82) is 0 Å². The van der Waals surface area contributed by atoms with Gasteiger partial charge in [-0.05, 0) is 37.6 Å². The molecular formula is C13H15N. The lowest BCUT2D eigenvalue weighted by Crippen LogP contribution is -1.90. The van der Waals surface area contributed by atoms with E-state index in [0.717, 1.165) is 12.1 Å². The van der Waals surface area contributed by atoms with Crippen LogP contribution in [0.25, 0.3) is 16.5 Å². The predicted molar refractivity (Wildman–Crippen MR) is 62.3 cm³/mol. The Balaban J connectivity index is 2.63. The minimum atomic E-state index is 1.02. The van der Waals surface area contributed by atoms with Gasteiger partial charge in [-0.1, -0.05) is 18.2 Å². The van der Waals surface area contributed by atoms with E-state index in [0.29, 0.717) is 0 Å². The van der Waals surface area contributed by atoms with Crippen LogP contribution in [0.2, 0.25) is 0 Å². The second-order valence-corrected chi connectivity index (χ2v) is 3.66. The average molecular weight is 185 g/mol. The van der Waals surface area contributed by atoms with Crippen molar-refractivity contribution in [3.8, 4) is 0 Å². The SMILES string of the molecule is C=C(C)c1ccc2c(ccn2CC)c1. The molecule has 0 aliphatic rings. The highest BCUT2D eigenvalue weighted by Gasteiger charge is 2.00. The van der Waals surface area contributed by atoms with Gasteiger partial charge in [0.05, 0.1) is 0 Å². The number of hydrogen-bond acceptors (Lipinski definition) is 0. The molecule has 1 aromatic carbocycles. The van der Waals surface area contributed by atoms with Crippen LogP contribution in [0.4, 0.5) is 0 Å². The summed E-state index contributed by atoms with van der Waals surface area (Å²) < 4.78 is 2.25. The van der Waals surface area contributed by atoms with Gasteiger partial charge in [-0.3, -0.25) is 0 Å². The van der Waals surface area contributed by atoms with E-state index in [4.69, 9.17) is 0 Å². The Labute approximate surface area is 84.7 Å². The van der Waals surface area contributed by atoms with Gasteiger partial charge < -0.3 is 4.57 Å². The molecule has 0 atom stereocenters. The molecule has 0 fully saturated rings. The molecule has 1 aromatic heterocycles. The molecule has 0 saturated heterocycles. The Hall–Kier alpha value is -1.50. The number of rotatable bonds is 2. The van der Waals surface area contributed by atoms with Crippen LogP contribution in [-0.4, -0.2) is 4.57 Å². The van der Waals surface area contributed by atoms with Crippen LogP contribution >= 0.6 is 0 Å². The summed E-state index contributed by atoms with van der Waals surface area (Å²) in [5.41, 5.74) is 3.65. The van der Waals surface area contributed by atoms with Gasteiger partial charge in [0.1, 0.15) is 0 Å². The second-order valence-electron chi connectivity index (χ2n) is 3.66. The van der Waals surface area contributed by atoms with Gasteiger partial charge >= 0.3 is 0 Å². The van der Waals surface area contributed by atoms with E-state index in [1.165, 1.54) is 16.5 Å². The Kier molecular flexibility index (Phi) is 2.16. The van der Waals surface area contributed by atoms with Crippen molar-refractivity contribution in [3.63, 3.8) is 0 Å². The molecule has 0 saturated carbocycles. The fourth-order valence-corrected chi connectivity index (χ4v) is 1.74. The monoisotopic (exact) mass is 185 g/mol. The van der Waals surface area contributed by atoms with Crippen molar-refractivity contribution < 1.29 is 0 Å². The first-order valence-corrected chi connectivity index (χ1v) is 4.97. The van der Waals surface area contributed by atoms with E-state index >= 15 is 0 Å². The van der Waals surface area contributed by atoms with Crippen molar-refractivity contribution in [1.82, 2.24) is 4.57 Å². The quantitative estimate of drug-likeness (QED) is 0.672. The minimum Gasteiger partial charge on any atom is -0.348 e. The van der Waals surface area contributed by atoms with Gasteiger partial charge in [0.2, 0.25) is 0 Å². The van der Waals surface area contributed by atoms with E-state index in [1.54, 1.807) is 0 Å². The lowest BCUT2D eigenvalue weighted by atomic mass is 10.1. The Bertz CT molecular complexity index is 477. The van der Waals surface area contributed by atoms with Gasteiger partial charge in [0, 0.05) is 23.6 Å². The smallest absolute Gasteiger partial charge is 0.0480 e. The zero-order valence-corrected chi connectivity index (χ0v) is 8.75. The fraction of sp³-hybridized carbons (Fsp3) is 0.231. The van der Waals surface area contributed by atoms with Crippen molar-refractivity contribution >= 4 is 16.5 Å². The Morgan fingerprint density at radius 2 is 2.14 bits per heavy atom. The van der Waals surface area contributed by atoms with Crippen LogP contribution in [-0.2, 0) is 6.54 Å². The van der Waals surface area contributed by atoms with E-state index in [1.807, 2.05) is 6.92 Å². The molecule has 2 aromatic rings. The molecule has 0 aliphatic carbocycles. The summed E-state index contributed by atoms with van der Waals surface area (Å²) in [6.07, 6.45) is 2.13. The summed E-state index contributed by atoms with van der Waals surface area (Å²) in [6.45, 7) is 9.17. The molecule has 1 heteroatoms. The van der Waals surface area contributed by atoms with E-state index in [-0.39, 0.29) is 0 Å². The predicted octanol–water partition coefficient (Wildman–Crippen LogP) is 3.69. The summed E-state index contributed by atoms with van der Waals surface area (Å²) in [5.74, 6) is 0. The average Bonchev–Trinajstić information content (AvgIpc) is 2.59. The molecule has 72 valence electrons. The van der Waals surface area contributed by atoms with Gasteiger partial charge in [-0.15, -0.1) is 0 Å². The molecule has 2 rings (SSSR count). The third kappa shape index (κ3) is 1.35. The first kappa shape index (κ1) is 9.07. The summed E-state index contributed by atoms with van der Waals surface area (Å²) in [5, 5.41) is 1.30. The largest absolute Gasteiger partial charge is 0.348 e. The van der Waals surface area contributed by atoms with Crippen molar-refractivity contribution in [2.75, 3.05) is 0 Å². The maximum absolute atomic E-state index is 3.95. The third-order valence-corrected chi connectivity index (χ3v) is 2.60. The van der Waals surface area contributed by atoms with Gasteiger partial charge in [0.25, 0.3) is 0 Å². The highest BCUT2D eigenvalue weighted by atomic mass is 14.9. The molecule has 0 amide bonds. The van der Waals surface area contributed by atoms with Crippen LogP contribution in [0.3, 0.4) is 0 Å². The molecular weight excluding hydrogens is 170 g/mol. The summed E-state index contributed by atoms with van der Waals surface area (Å²) >= 11 is 0. The summed E-state index contributed by atoms with van der Waals surface area (Å²) in [7, 11) is 0. The maximum atomic E-state index is 3.95. The van der Waals surface area contributed by atoms with Gasteiger partial charge in [-0.25, -0.2) is 0 Å². The molecule has 0 unspecified atom stereocenters. The second kappa shape index (κ2) is 3.33. The van der Waals surface area contributed by atoms with Gasteiger partial charge in [0.15, 0.2) is 0 Å².